The molecule has 2 saturated heterocycles. The number of anilines is 1. The maximum atomic E-state index is 14.1. The van der Waals surface area contributed by atoms with Gasteiger partial charge in [0.15, 0.2) is 5.82 Å². The summed E-state index contributed by atoms with van der Waals surface area (Å²) in [7, 11) is 0. The van der Waals surface area contributed by atoms with Crippen LogP contribution in [-0.4, -0.2) is 31.1 Å². The molecule has 2 aliphatic rings. The topological polar surface area (TPSA) is 58.4 Å². The van der Waals surface area contributed by atoms with E-state index in [4.69, 9.17) is 0 Å². The third kappa shape index (κ3) is 2.85. The maximum Gasteiger partial charge on any atom is 0.272 e. The van der Waals surface area contributed by atoms with Gasteiger partial charge in [0.25, 0.3) is 5.69 Å². The highest BCUT2D eigenvalue weighted by Gasteiger charge is 2.36. The Kier molecular flexibility index (Phi) is 3.80. The summed E-state index contributed by atoms with van der Waals surface area (Å²) in [6.45, 7) is 3.81. The summed E-state index contributed by atoms with van der Waals surface area (Å²) < 4.78 is 14.1. The number of rotatable bonds is 2. The first-order chi connectivity index (χ1) is 10.1. The summed E-state index contributed by atoms with van der Waals surface area (Å²) in [5, 5.41) is 14.1. The highest BCUT2D eigenvalue weighted by molar-refractivity contribution is 5.52. The van der Waals surface area contributed by atoms with Gasteiger partial charge >= 0.3 is 0 Å². The molecule has 1 spiro atoms. The van der Waals surface area contributed by atoms with Crippen molar-refractivity contribution in [2.75, 3.05) is 31.1 Å². The lowest BCUT2D eigenvalue weighted by Gasteiger charge is -2.45. The Hall–Kier alpha value is -1.69. The second kappa shape index (κ2) is 5.60. The fourth-order valence-corrected chi connectivity index (χ4v) is 3.54. The first-order valence-corrected chi connectivity index (χ1v) is 7.49. The molecule has 0 amide bonds. The molecule has 5 nitrogen and oxygen atoms in total. The first kappa shape index (κ1) is 14.3. The fraction of sp³-hybridized carbons (Fsp3) is 0.600. The summed E-state index contributed by atoms with van der Waals surface area (Å²) in [5.41, 5.74) is 0.714. The molecule has 0 bridgehead atoms. The average Bonchev–Trinajstić information content (AvgIpc) is 2.49. The minimum Gasteiger partial charge on any atom is -0.369 e. The van der Waals surface area contributed by atoms with Gasteiger partial charge < -0.3 is 10.2 Å². The molecule has 0 unspecified atom stereocenters. The van der Waals surface area contributed by atoms with E-state index in [1.54, 1.807) is 0 Å². The van der Waals surface area contributed by atoms with Gasteiger partial charge in [0.2, 0.25) is 0 Å². The molecule has 1 N–H and O–H groups in total. The van der Waals surface area contributed by atoms with Crippen molar-refractivity contribution in [1.82, 2.24) is 5.32 Å². The van der Waals surface area contributed by atoms with Crippen molar-refractivity contribution in [3.8, 4) is 0 Å². The molecule has 0 saturated carbocycles. The van der Waals surface area contributed by atoms with Crippen LogP contribution in [0.4, 0.5) is 15.8 Å². The second-order valence-electron chi connectivity index (χ2n) is 6.13. The van der Waals surface area contributed by atoms with Crippen LogP contribution < -0.4 is 10.2 Å². The number of halogens is 1. The van der Waals surface area contributed by atoms with Crippen LogP contribution in [0.25, 0.3) is 0 Å². The second-order valence-corrected chi connectivity index (χ2v) is 6.13. The number of non-ortho nitro benzene ring substituents is 1. The molecule has 114 valence electrons. The Bertz CT molecular complexity index is 534. The molecule has 2 aliphatic heterocycles. The van der Waals surface area contributed by atoms with Crippen LogP contribution in [0.1, 0.15) is 25.7 Å². The normalized spacial score (nSPS) is 21.5. The van der Waals surface area contributed by atoms with Gasteiger partial charge in [-0.1, -0.05) is 0 Å². The van der Waals surface area contributed by atoms with Crippen molar-refractivity contribution in [1.29, 1.82) is 0 Å². The quantitative estimate of drug-likeness (QED) is 0.673. The zero-order valence-corrected chi connectivity index (χ0v) is 12.0. The zero-order valence-electron chi connectivity index (χ0n) is 12.0. The van der Waals surface area contributed by atoms with E-state index >= 15 is 0 Å². The van der Waals surface area contributed by atoms with Crippen LogP contribution in [0.15, 0.2) is 18.2 Å². The Balaban J connectivity index is 1.70. The highest BCUT2D eigenvalue weighted by Crippen LogP contribution is 2.41. The van der Waals surface area contributed by atoms with Gasteiger partial charge in [-0.05, 0) is 50.3 Å². The highest BCUT2D eigenvalue weighted by atomic mass is 19.1. The number of nitrogens with one attached hydrogen (secondary N) is 1. The lowest BCUT2D eigenvalue weighted by molar-refractivity contribution is -0.385. The molecule has 0 radical (unpaired) electrons. The molecule has 21 heavy (non-hydrogen) atoms. The van der Waals surface area contributed by atoms with Gasteiger partial charge in [-0.3, -0.25) is 10.1 Å². The molecule has 2 fully saturated rings. The number of nitro benzene ring substituents is 1. The lowest BCUT2D eigenvalue weighted by Crippen LogP contribution is -2.45. The van der Waals surface area contributed by atoms with Crippen molar-refractivity contribution < 1.29 is 9.31 Å². The summed E-state index contributed by atoms with van der Waals surface area (Å²) in [6.07, 6.45) is 4.55. The monoisotopic (exact) mass is 293 g/mol. The number of nitro groups is 1. The largest absolute Gasteiger partial charge is 0.369 e. The van der Waals surface area contributed by atoms with Gasteiger partial charge in [0.1, 0.15) is 0 Å². The molecule has 1 aromatic carbocycles. The molecule has 0 aromatic heterocycles. The van der Waals surface area contributed by atoms with Crippen LogP contribution in [0.2, 0.25) is 0 Å². The van der Waals surface area contributed by atoms with Crippen LogP contribution in [0, 0.1) is 21.3 Å². The molecule has 3 rings (SSSR count). The average molecular weight is 293 g/mol. The third-order valence-electron chi connectivity index (χ3n) is 4.97. The zero-order chi connectivity index (χ0) is 14.9. The fourth-order valence-electron chi connectivity index (χ4n) is 3.54. The molecule has 0 atom stereocenters. The van der Waals surface area contributed by atoms with E-state index in [1.165, 1.54) is 25.0 Å². The van der Waals surface area contributed by atoms with Crippen LogP contribution in [0.3, 0.4) is 0 Å². The maximum absolute atomic E-state index is 14.1. The SMILES string of the molecule is O=[N+]([O-])c1ccc(N2CCC3(CCNCC3)CC2)c(F)c1. The van der Waals surface area contributed by atoms with Crippen molar-refractivity contribution in [2.45, 2.75) is 25.7 Å². The third-order valence-corrected chi connectivity index (χ3v) is 4.97. The van der Waals surface area contributed by atoms with Gasteiger partial charge in [-0.2, -0.15) is 0 Å². The molecular weight excluding hydrogens is 273 g/mol. The van der Waals surface area contributed by atoms with E-state index in [-0.39, 0.29) is 5.69 Å². The lowest BCUT2D eigenvalue weighted by atomic mass is 9.71. The van der Waals surface area contributed by atoms with Gasteiger partial charge in [-0.15, -0.1) is 0 Å². The molecule has 6 heteroatoms. The Morgan fingerprint density at radius 2 is 1.86 bits per heavy atom. The number of piperidine rings is 2. The summed E-state index contributed by atoms with van der Waals surface area (Å²) in [4.78, 5) is 12.1. The molecule has 1 aromatic rings. The molecule has 0 aliphatic carbocycles. The Labute approximate surface area is 123 Å². The summed E-state index contributed by atoms with van der Waals surface area (Å²) in [6, 6.07) is 3.94. The summed E-state index contributed by atoms with van der Waals surface area (Å²) >= 11 is 0. The van der Waals surface area contributed by atoms with Crippen molar-refractivity contribution in [3.63, 3.8) is 0 Å². The predicted molar refractivity (Wildman–Crippen MR) is 79.0 cm³/mol. The van der Waals surface area contributed by atoms with E-state index in [2.05, 4.69) is 5.32 Å². The van der Waals surface area contributed by atoms with E-state index < -0.39 is 10.7 Å². The summed E-state index contributed by atoms with van der Waals surface area (Å²) in [5.74, 6) is -0.495. The number of hydrogen-bond donors (Lipinski definition) is 1. The predicted octanol–water partition coefficient (Wildman–Crippen LogP) is 2.70. The van der Waals surface area contributed by atoms with Gasteiger partial charge in [-0.25, -0.2) is 4.39 Å². The van der Waals surface area contributed by atoms with E-state index in [0.29, 0.717) is 11.1 Å². The van der Waals surface area contributed by atoms with Gasteiger partial charge in [0, 0.05) is 19.2 Å². The van der Waals surface area contributed by atoms with Crippen molar-refractivity contribution in [3.05, 3.63) is 34.1 Å². The Morgan fingerprint density at radius 3 is 2.43 bits per heavy atom. The van der Waals surface area contributed by atoms with Crippen molar-refractivity contribution >= 4 is 11.4 Å². The first-order valence-electron chi connectivity index (χ1n) is 7.49. The molecule has 2 heterocycles. The number of benzene rings is 1. The number of hydrogen-bond acceptors (Lipinski definition) is 4. The molecular formula is C15H20FN3O2. The van der Waals surface area contributed by atoms with Crippen LogP contribution >= 0.6 is 0 Å². The van der Waals surface area contributed by atoms with Gasteiger partial charge in [0.05, 0.1) is 16.7 Å². The van der Waals surface area contributed by atoms with Crippen molar-refractivity contribution in [2.24, 2.45) is 5.41 Å². The minimum atomic E-state index is -0.562. The van der Waals surface area contributed by atoms with E-state index in [9.17, 15) is 14.5 Å². The smallest absolute Gasteiger partial charge is 0.272 e. The Morgan fingerprint density at radius 1 is 1.19 bits per heavy atom. The number of nitrogens with zero attached hydrogens (tertiary/aromatic N) is 2. The van der Waals surface area contributed by atoms with Crippen LogP contribution in [0.5, 0.6) is 0 Å². The standard InChI is InChI=1S/C15H20FN3O2/c16-13-11-12(19(20)21)1-2-14(13)18-9-5-15(6-10-18)3-7-17-8-4-15/h1-2,11,17H,3-10H2. The van der Waals surface area contributed by atoms with E-state index in [1.807, 2.05) is 4.90 Å². The minimum absolute atomic E-state index is 0.192. The van der Waals surface area contributed by atoms with Crippen LogP contribution in [-0.2, 0) is 0 Å². The van der Waals surface area contributed by atoms with E-state index in [0.717, 1.165) is 45.1 Å².